The lowest BCUT2D eigenvalue weighted by molar-refractivity contribution is -0.143. The Bertz CT molecular complexity index is 1190. The molecule has 1 fully saturated rings. The molecule has 4 nitrogen and oxygen atoms in total. The number of piperidine rings is 1. The van der Waals surface area contributed by atoms with Crippen LogP contribution in [0.4, 0.5) is 0 Å². The normalized spacial score (nSPS) is 18.8. The van der Waals surface area contributed by atoms with E-state index in [1.165, 1.54) is 21.2 Å². The van der Waals surface area contributed by atoms with Gasteiger partial charge in [-0.15, -0.1) is 11.3 Å². The van der Waals surface area contributed by atoms with Crippen molar-refractivity contribution in [3.05, 3.63) is 77.4 Å². The minimum absolute atomic E-state index is 0.0471. The van der Waals surface area contributed by atoms with Crippen LogP contribution in [-0.2, 0) is 4.79 Å². The SMILES string of the molecule is O=C(O)C1CCCN(C(c2ccc3cnccc3c2)c2csc3ccccc23)C1. The first kappa shape index (κ1) is 18.3. The van der Waals surface area contributed by atoms with Crippen molar-refractivity contribution in [2.75, 3.05) is 13.1 Å². The average molecular weight is 403 g/mol. The maximum absolute atomic E-state index is 11.7. The first-order valence-corrected chi connectivity index (χ1v) is 10.9. The van der Waals surface area contributed by atoms with Crippen molar-refractivity contribution < 1.29 is 9.90 Å². The number of carboxylic acids is 1. The molecule has 2 aromatic carbocycles. The van der Waals surface area contributed by atoms with Gasteiger partial charge >= 0.3 is 5.97 Å². The molecule has 4 aromatic rings. The molecule has 5 rings (SSSR count). The minimum Gasteiger partial charge on any atom is -0.481 e. The lowest BCUT2D eigenvalue weighted by Crippen LogP contribution is -2.41. The summed E-state index contributed by atoms with van der Waals surface area (Å²) in [5, 5.41) is 15.4. The first-order chi connectivity index (χ1) is 14.2. The number of hydrogen-bond acceptors (Lipinski definition) is 4. The number of carboxylic acid groups (broad SMARTS) is 1. The zero-order chi connectivity index (χ0) is 19.8. The fourth-order valence-corrected chi connectivity index (χ4v) is 5.49. The average Bonchev–Trinajstić information content (AvgIpc) is 3.18. The van der Waals surface area contributed by atoms with Gasteiger partial charge < -0.3 is 5.11 Å². The summed E-state index contributed by atoms with van der Waals surface area (Å²) in [4.78, 5) is 18.3. The second-order valence-electron chi connectivity index (χ2n) is 7.74. The van der Waals surface area contributed by atoms with Gasteiger partial charge in [-0.05, 0) is 64.9 Å². The fourth-order valence-electron chi connectivity index (χ4n) is 4.51. The highest BCUT2D eigenvalue weighted by atomic mass is 32.1. The van der Waals surface area contributed by atoms with Crippen LogP contribution in [0, 0.1) is 5.92 Å². The van der Waals surface area contributed by atoms with Crippen molar-refractivity contribution in [1.29, 1.82) is 0 Å². The zero-order valence-corrected chi connectivity index (χ0v) is 16.8. The van der Waals surface area contributed by atoms with Gasteiger partial charge in [0.2, 0.25) is 0 Å². The molecule has 2 atom stereocenters. The Morgan fingerprint density at radius 3 is 2.97 bits per heavy atom. The van der Waals surface area contributed by atoms with Crippen molar-refractivity contribution in [1.82, 2.24) is 9.88 Å². The summed E-state index contributed by atoms with van der Waals surface area (Å²) in [6.45, 7) is 1.49. The Kier molecular flexibility index (Phi) is 4.78. The highest BCUT2D eigenvalue weighted by Gasteiger charge is 2.32. The van der Waals surface area contributed by atoms with Gasteiger partial charge in [0.25, 0.3) is 0 Å². The van der Waals surface area contributed by atoms with Gasteiger partial charge in [0, 0.05) is 29.0 Å². The molecule has 146 valence electrons. The van der Waals surface area contributed by atoms with Crippen LogP contribution >= 0.6 is 11.3 Å². The summed E-state index contributed by atoms with van der Waals surface area (Å²) < 4.78 is 1.27. The predicted molar refractivity (Wildman–Crippen MR) is 117 cm³/mol. The van der Waals surface area contributed by atoms with Crippen molar-refractivity contribution in [3.8, 4) is 0 Å². The summed E-state index contributed by atoms with van der Waals surface area (Å²) in [6, 6.07) is 17.1. The molecule has 0 spiro atoms. The van der Waals surface area contributed by atoms with E-state index in [0.717, 1.165) is 30.2 Å². The standard InChI is InChI=1S/C24H22N2O2S/c27-24(28)19-4-3-11-26(14-19)23(21-15-29-22-6-2-1-5-20(21)22)17-7-8-18-13-25-10-9-16(18)12-17/h1-2,5-10,12-13,15,19,23H,3-4,11,14H2,(H,27,28). The maximum atomic E-state index is 11.7. The molecular weight excluding hydrogens is 380 g/mol. The first-order valence-electron chi connectivity index (χ1n) is 9.97. The number of rotatable bonds is 4. The monoisotopic (exact) mass is 402 g/mol. The van der Waals surface area contributed by atoms with Crippen LogP contribution in [0.25, 0.3) is 20.9 Å². The number of likely N-dealkylation sites (tertiary alicyclic amines) is 1. The maximum Gasteiger partial charge on any atom is 0.307 e. The van der Waals surface area contributed by atoms with Crippen molar-refractivity contribution in [3.63, 3.8) is 0 Å². The molecule has 29 heavy (non-hydrogen) atoms. The number of hydrogen-bond donors (Lipinski definition) is 1. The summed E-state index contributed by atoms with van der Waals surface area (Å²) in [5.41, 5.74) is 2.48. The van der Waals surface area contributed by atoms with Crippen LogP contribution in [0.3, 0.4) is 0 Å². The smallest absolute Gasteiger partial charge is 0.307 e. The van der Waals surface area contributed by atoms with E-state index in [1.807, 2.05) is 18.5 Å². The molecule has 0 saturated carbocycles. The summed E-state index contributed by atoms with van der Waals surface area (Å²) in [5.74, 6) is -0.992. The summed E-state index contributed by atoms with van der Waals surface area (Å²) in [7, 11) is 0. The molecule has 1 saturated heterocycles. The largest absolute Gasteiger partial charge is 0.481 e. The van der Waals surface area contributed by atoms with E-state index in [0.29, 0.717) is 6.54 Å². The Morgan fingerprint density at radius 2 is 2.07 bits per heavy atom. The molecule has 1 N–H and O–H groups in total. The van der Waals surface area contributed by atoms with E-state index < -0.39 is 5.97 Å². The Morgan fingerprint density at radius 1 is 1.17 bits per heavy atom. The van der Waals surface area contributed by atoms with Crippen LogP contribution in [0.1, 0.15) is 30.0 Å². The Balaban J connectivity index is 1.65. The lowest BCUT2D eigenvalue weighted by Gasteiger charge is -2.37. The van der Waals surface area contributed by atoms with Gasteiger partial charge in [0.15, 0.2) is 0 Å². The number of fused-ring (bicyclic) bond motifs is 2. The van der Waals surface area contributed by atoms with Crippen LogP contribution in [0.2, 0.25) is 0 Å². The van der Waals surface area contributed by atoms with E-state index in [1.54, 1.807) is 11.3 Å². The second kappa shape index (κ2) is 7.58. The quantitative estimate of drug-likeness (QED) is 0.501. The minimum atomic E-state index is -0.687. The summed E-state index contributed by atoms with van der Waals surface area (Å²) >= 11 is 1.76. The molecule has 0 bridgehead atoms. The van der Waals surface area contributed by atoms with Crippen molar-refractivity contribution in [2.24, 2.45) is 5.92 Å². The van der Waals surface area contributed by atoms with E-state index >= 15 is 0 Å². The molecular formula is C24H22N2O2S. The van der Waals surface area contributed by atoms with Gasteiger partial charge in [0.05, 0.1) is 12.0 Å². The third-order valence-corrected chi connectivity index (χ3v) is 6.93. The van der Waals surface area contributed by atoms with Gasteiger partial charge in [-0.3, -0.25) is 14.7 Å². The van der Waals surface area contributed by atoms with Crippen LogP contribution in [0.5, 0.6) is 0 Å². The molecule has 5 heteroatoms. The summed E-state index contributed by atoms with van der Waals surface area (Å²) in [6.07, 6.45) is 5.37. The van der Waals surface area contributed by atoms with Crippen LogP contribution in [0.15, 0.2) is 66.3 Å². The second-order valence-corrected chi connectivity index (χ2v) is 8.66. The number of nitrogens with zero attached hydrogens (tertiary/aromatic N) is 2. The number of pyridine rings is 1. The highest BCUT2D eigenvalue weighted by Crippen LogP contribution is 2.39. The van der Waals surface area contributed by atoms with Crippen LogP contribution < -0.4 is 0 Å². The van der Waals surface area contributed by atoms with E-state index in [9.17, 15) is 9.90 Å². The molecule has 0 radical (unpaired) electrons. The molecule has 0 amide bonds. The third kappa shape index (κ3) is 3.41. The number of aromatic nitrogens is 1. The Hall–Kier alpha value is -2.76. The number of carbonyl (C=O) groups is 1. The zero-order valence-electron chi connectivity index (χ0n) is 16.0. The van der Waals surface area contributed by atoms with E-state index in [4.69, 9.17) is 0 Å². The molecule has 1 aliphatic rings. The topological polar surface area (TPSA) is 53.4 Å². The predicted octanol–water partition coefficient (Wildman–Crippen LogP) is 5.34. The number of aliphatic carboxylic acids is 1. The molecule has 0 aliphatic carbocycles. The fraction of sp³-hybridized carbons (Fsp3) is 0.250. The molecule has 3 heterocycles. The third-order valence-electron chi connectivity index (χ3n) is 5.95. The van der Waals surface area contributed by atoms with Gasteiger partial charge in [-0.1, -0.05) is 30.3 Å². The van der Waals surface area contributed by atoms with Gasteiger partial charge in [0.1, 0.15) is 0 Å². The van der Waals surface area contributed by atoms with E-state index in [-0.39, 0.29) is 12.0 Å². The van der Waals surface area contributed by atoms with E-state index in [2.05, 4.69) is 57.7 Å². The van der Waals surface area contributed by atoms with Gasteiger partial charge in [-0.2, -0.15) is 0 Å². The van der Waals surface area contributed by atoms with Crippen molar-refractivity contribution in [2.45, 2.75) is 18.9 Å². The molecule has 2 unspecified atom stereocenters. The van der Waals surface area contributed by atoms with Gasteiger partial charge in [-0.25, -0.2) is 0 Å². The van der Waals surface area contributed by atoms with Crippen molar-refractivity contribution >= 4 is 38.2 Å². The molecule has 1 aliphatic heterocycles. The number of benzene rings is 2. The highest BCUT2D eigenvalue weighted by molar-refractivity contribution is 7.17. The molecule has 2 aromatic heterocycles. The number of thiophene rings is 1. The Labute approximate surface area is 173 Å². The van der Waals surface area contributed by atoms with Crippen LogP contribution in [-0.4, -0.2) is 34.0 Å². The lowest BCUT2D eigenvalue weighted by atomic mass is 9.90.